The van der Waals surface area contributed by atoms with Crippen LogP contribution in [-0.4, -0.2) is 20.0 Å². The van der Waals surface area contributed by atoms with Gasteiger partial charge in [-0.1, -0.05) is 30.4 Å². The van der Waals surface area contributed by atoms with E-state index < -0.39 is 0 Å². The lowest BCUT2D eigenvalue weighted by atomic mass is 9.99. The fourth-order valence-electron chi connectivity index (χ4n) is 2.05. The highest BCUT2D eigenvalue weighted by Gasteiger charge is 2.11. The Bertz CT molecular complexity index is 568. The first-order valence-corrected chi connectivity index (χ1v) is 6.52. The second kappa shape index (κ2) is 6.75. The van der Waals surface area contributed by atoms with E-state index in [0.29, 0.717) is 17.1 Å². The minimum atomic E-state index is -0.0625. The normalized spacial score (nSPS) is 17.4. The lowest BCUT2D eigenvalue weighted by Gasteiger charge is -2.09. The van der Waals surface area contributed by atoms with Crippen LogP contribution in [0.2, 0.25) is 0 Å². The average Bonchev–Trinajstić information content (AvgIpc) is 2.52. The van der Waals surface area contributed by atoms with E-state index in [1.54, 1.807) is 38.5 Å². The molecule has 3 heteroatoms. The van der Waals surface area contributed by atoms with Crippen LogP contribution < -0.4 is 9.47 Å². The summed E-state index contributed by atoms with van der Waals surface area (Å²) in [4.78, 5) is 12.2. The van der Waals surface area contributed by atoms with Gasteiger partial charge in [-0.3, -0.25) is 4.79 Å². The molecule has 3 nitrogen and oxygen atoms in total. The number of ketones is 1. The molecule has 0 fully saturated rings. The Balaban J connectivity index is 2.14. The number of carbonyl (C=O) groups excluding carboxylic acids is 1. The summed E-state index contributed by atoms with van der Waals surface area (Å²) in [5.41, 5.74) is 0.542. The fourth-order valence-corrected chi connectivity index (χ4v) is 2.05. The second-order valence-electron chi connectivity index (χ2n) is 4.50. The smallest absolute Gasteiger partial charge is 0.189 e. The van der Waals surface area contributed by atoms with E-state index in [4.69, 9.17) is 9.47 Å². The van der Waals surface area contributed by atoms with Gasteiger partial charge in [0.25, 0.3) is 0 Å². The van der Waals surface area contributed by atoms with Gasteiger partial charge in [0.2, 0.25) is 0 Å². The van der Waals surface area contributed by atoms with Gasteiger partial charge in [-0.15, -0.1) is 0 Å². The first kappa shape index (κ1) is 14.1. The Hall–Kier alpha value is -2.29. The van der Waals surface area contributed by atoms with Crippen molar-refractivity contribution in [3.05, 3.63) is 60.2 Å². The Morgan fingerprint density at radius 1 is 1.25 bits per heavy atom. The van der Waals surface area contributed by atoms with Crippen LogP contribution in [0, 0.1) is 5.92 Å². The predicted molar refractivity (Wildman–Crippen MR) is 79.4 cm³/mol. The summed E-state index contributed by atoms with van der Waals surface area (Å²) in [5, 5.41) is 0. The summed E-state index contributed by atoms with van der Waals surface area (Å²) in [7, 11) is 3.13. The molecule has 0 aromatic heterocycles. The minimum Gasteiger partial charge on any atom is -0.497 e. The zero-order valence-electron chi connectivity index (χ0n) is 11.7. The Kier molecular flexibility index (Phi) is 4.77. The molecule has 0 aliphatic heterocycles. The zero-order valence-corrected chi connectivity index (χ0v) is 11.7. The lowest BCUT2D eigenvalue weighted by Crippen LogP contribution is -2.01. The van der Waals surface area contributed by atoms with Gasteiger partial charge in [0.15, 0.2) is 5.78 Å². The Morgan fingerprint density at radius 3 is 2.75 bits per heavy atom. The standard InChI is InChI=1S/C17H18O3/c1-19-14-9-10-15(17(12-14)20-2)16(18)11-8-13-6-4-3-5-7-13/h3-6,8-13H,7H2,1-2H3/b11-8+. The van der Waals surface area contributed by atoms with Crippen molar-refractivity contribution in [1.29, 1.82) is 0 Å². The maximum absolute atomic E-state index is 12.2. The Labute approximate surface area is 119 Å². The number of methoxy groups -OCH3 is 2. The van der Waals surface area contributed by atoms with E-state index in [0.717, 1.165) is 6.42 Å². The molecule has 0 saturated heterocycles. The lowest BCUT2D eigenvalue weighted by molar-refractivity contribution is 0.104. The van der Waals surface area contributed by atoms with Gasteiger partial charge < -0.3 is 9.47 Å². The van der Waals surface area contributed by atoms with E-state index in [1.807, 2.05) is 18.2 Å². The molecule has 0 spiro atoms. The topological polar surface area (TPSA) is 35.5 Å². The third-order valence-electron chi connectivity index (χ3n) is 3.18. The highest BCUT2D eigenvalue weighted by Crippen LogP contribution is 2.25. The zero-order chi connectivity index (χ0) is 14.4. The predicted octanol–water partition coefficient (Wildman–Crippen LogP) is 3.58. The molecule has 0 amide bonds. The molecule has 104 valence electrons. The third kappa shape index (κ3) is 3.38. The van der Waals surface area contributed by atoms with Gasteiger partial charge in [0.05, 0.1) is 19.8 Å². The molecule has 2 rings (SSSR count). The van der Waals surface area contributed by atoms with Crippen LogP contribution in [0.1, 0.15) is 16.8 Å². The molecular weight excluding hydrogens is 252 g/mol. The molecule has 1 unspecified atom stereocenters. The van der Waals surface area contributed by atoms with Gasteiger partial charge in [0.1, 0.15) is 11.5 Å². The van der Waals surface area contributed by atoms with Crippen molar-refractivity contribution in [2.45, 2.75) is 6.42 Å². The number of hydrogen-bond acceptors (Lipinski definition) is 3. The van der Waals surface area contributed by atoms with Gasteiger partial charge in [-0.05, 0) is 30.5 Å². The van der Waals surface area contributed by atoms with E-state index >= 15 is 0 Å². The monoisotopic (exact) mass is 270 g/mol. The number of hydrogen-bond donors (Lipinski definition) is 0. The van der Waals surface area contributed by atoms with Crippen LogP contribution in [0.25, 0.3) is 0 Å². The van der Waals surface area contributed by atoms with Crippen molar-refractivity contribution in [1.82, 2.24) is 0 Å². The van der Waals surface area contributed by atoms with Gasteiger partial charge in [-0.2, -0.15) is 0 Å². The molecule has 0 bridgehead atoms. The summed E-state index contributed by atoms with van der Waals surface area (Å²) in [5.74, 6) is 1.42. The van der Waals surface area contributed by atoms with Crippen molar-refractivity contribution in [2.75, 3.05) is 14.2 Å². The van der Waals surface area contributed by atoms with Crippen LogP contribution in [0.3, 0.4) is 0 Å². The number of ether oxygens (including phenoxy) is 2. The van der Waals surface area contributed by atoms with Gasteiger partial charge >= 0.3 is 0 Å². The first-order chi connectivity index (χ1) is 9.74. The molecule has 1 aliphatic rings. The summed E-state index contributed by atoms with van der Waals surface area (Å²) in [6.45, 7) is 0. The van der Waals surface area contributed by atoms with E-state index in [1.165, 1.54) is 0 Å². The molecular formula is C17H18O3. The fraction of sp³-hybridized carbons (Fsp3) is 0.235. The van der Waals surface area contributed by atoms with Crippen LogP contribution in [0.5, 0.6) is 11.5 Å². The number of benzene rings is 1. The van der Waals surface area contributed by atoms with E-state index in [2.05, 4.69) is 12.2 Å². The molecule has 20 heavy (non-hydrogen) atoms. The maximum Gasteiger partial charge on any atom is 0.189 e. The van der Waals surface area contributed by atoms with Gasteiger partial charge in [0, 0.05) is 6.07 Å². The summed E-state index contributed by atoms with van der Waals surface area (Å²) < 4.78 is 10.4. The van der Waals surface area contributed by atoms with Crippen LogP contribution >= 0.6 is 0 Å². The van der Waals surface area contributed by atoms with Crippen LogP contribution in [0.4, 0.5) is 0 Å². The highest BCUT2D eigenvalue weighted by atomic mass is 16.5. The molecule has 0 radical (unpaired) electrons. The minimum absolute atomic E-state index is 0.0625. The van der Waals surface area contributed by atoms with E-state index in [-0.39, 0.29) is 11.7 Å². The van der Waals surface area contributed by atoms with Crippen molar-refractivity contribution >= 4 is 5.78 Å². The largest absolute Gasteiger partial charge is 0.497 e. The molecule has 1 aliphatic carbocycles. The molecule has 0 saturated carbocycles. The van der Waals surface area contributed by atoms with Crippen LogP contribution in [0.15, 0.2) is 54.7 Å². The summed E-state index contributed by atoms with van der Waals surface area (Å²) >= 11 is 0. The molecule has 0 N–H and O–H groups in total. The third-order valence-corrected chi connectivity index (χ3v) is 3.18. The molecule has 1 aromatic rings. The Morgan fingerprint density at radius 2 is 2.10 bits per heavy atom. The number of rotatable bonds is 5. The molecule has 1 atom stereocenters. The first-order valence-electron chi connectivity index (χ1n) is 6.52. The summed E-state index contributed by atoms with van der Waals surface area (Å²) in [6.07, 6.45) is 12.6. The molecule has 0 heterocycles. The van der Waals surface area contributed by atoms with Crippen molar-refractivity contribution in [2.24, 2.45) is 5.92 Å². The van der Waals surface area contributed by atoms with Crippen molar-refractivity contribution < 1.29 is 14.3 Å². The second-order valence-corrected chi connectivity index (χ2v) is 4.50. The van der Waals surface area contributed by atoms with Crippen molar-refractivity contribution in [3.8, 4) is 11.5 Å². The maximum atomic E-state index is 12.2. The average molecular weight is 270 g/mol. The number of carbonyl (C=O) groups is 1. The highest BCUT2D eigenvalue weighted by molar-refractivity contribution is 6.06. The number of allylic oxidation sites excluding steroid dienone is 6. The summed E-state index contributed by atoms with van der Waals surface area (Å²) in [6, 6.07) is 5.19. The SMILES string of the molecule is COc1ccc(C(=O)/C=C/C2C=CC=CC2)c(OC)c1. The molecule has 1 aromatic carbocycles. The van der Waals surface area contributed by atoms with Crippen LogP contribution in [-0.2, 0) is 0 Å². The van der Waals surface area contributed by atoms with Gasteiger partial charge in [-0.25, -0.2) is 0 Å². The van der Waals surface area contributed by atoms with Crippen molar-refractivity contribution in [3.63, 3.8) is 0 Å². The quantitative estimate of drug-likeness (QED) is 0.606. The van der Waals surface area contributed by atoms with E-state index in [9.17, 15) is 4.79 Å².